The van der Waals surface area contributed by atoms with Crippen LogP contribution in [0.2, 0.25) is 0 Å². The Hall–Kier alpha value is -0.830. The van der Waals surface area contributed by atoms with E-state index >= 15 is 0 Å². The van der Waals surface area contributed by atoms with Crippen LogP contribution in [0.1, 0.15) is 59.4 Å². The standard InChI is InChI=1S/C16H31N3/c1-7-13(12-17-16(4,5)6)10-15-11-14(8-2)18-19(15)9-3/h11,13,17H,7-10,12H2,1-6H3. The Balaban J connectivity index is 2.67. The molecule has 0 saturated heterocycles. The molecule has 0 bridgehead atoms. The molecule has 0 spiro atoms. The maximum Gasteiger partial charge on any atom is 0.0624 e. The van der Waals surface area contributed by atoms with Gasteiger partial charge in [-0.1, -0.05) is 20.3 Å². The molecular formula is C16H31N3. The van der Waals surface area contributed by atoms with Crippen LogP contribution in [0.15, 0.2) is 6.07 Å². The Labute approximate surface area is 118 Å². The van der Waals surface area contributed by atoms with Crippen LogP contribution in [0, 0.1) is 5.92 Å². The summed E-state index contributed by atoms with van der Waals surface area (Å²) in [6, 6.07) is 2.28. The normalized spacial score (nSPS) is 13.8. The number of nitrogens with one attached hydrogen (secondary N) is 1. The molecule has 0 aromatic carbocycles. The van der Waals surface area contributed by atoms with Gasteiger partial charge in [-0.2, -0.15) is 5.10 Å². The van der Waals surface area contributed by atoms with Crippen LogP contribution in [-0.4, -0.2) is 21.9 Å². The van der Waals surface area contributed by atoms with E-state index in [1.165, 1.54) is 17.8 Å². The van der Waals surface area contributed by atoms with Crippen molar-refractivity contribution in [3.8, 4) is 0 Å². The first-order chi connectivity index (χ1) is 8.89. The van der Waals surface area contributed by atoms with Crippen LogP contribution in [0.3, 0.4) is 0 Å². The zero-order valence-corrected chi connectivity index (χ0v) is 13.6. The predicted octanol–water partition coefficient (Wildman–Crippen LogP) is 3.42. The van der Waals surface area contributed by atoms with Gasteiger partial charge in [0.05, 0.1) is 5.69 Å². The third-order valence-corrected chi connectivity index (χ3v) is 3.57. The lowest BCUT2D eigenvalue weighted by molar-refractivity contribution is 0.358. The molecule has 3 heteroatoms. The SMILES string of the molecule is CCc1cc(CC(CC)CNC(C)(C)C)n(CC)n1. The maximum atomic E-state index is 4.64. The minimum absolute atomic E-state index is 0.201. The molecule has 1 N–H and O–H groups in total. The number of nitrogens with zero attached hydrogens (tertiary/aromatic N) is 2. The molecular weight excluding hydrogens is 234 g/mol. The van der Waals surface area contributed by atoms with E-state index in [2.05, 4.69) is 62.7 Å². The molecule has 19 heavy (non-hydrogen) atoms. The molecule has 0 aliphatic rings. The van der Waals surface area contributed by atoms with E-state index < -0.39 is 0 Å². The summed E-state index contributed by atoms with van der Waals surface area (Å²) >= 11 is 0. The van der Waals surface area contributed by atoms with Crippen LogP contribution in [-0.2, 0) is 19.4 Å². The molecule has 1 heterocycles. The summed E-state index contributed by atoms with van der Waals surface area (Å²) in [6.45, 7) is 15.4. The van der Waals surface area contributed by atoms with Crippen molar-refractivity contribution in [1.29, 1.82) is 0 Å². The fourth-order valence-corrected chi connectivity index (χ4v) is 2.23. The van der Waals surface area contributed by atoms with Crippen LogP contribution in [0.4, 0.5) is 0 Å². The molecule has 1 atom stereocenters. The number of aryl methyl sites for hydroxylation is 2. The second-order valence-electron chi connectivity index (χ2n) is 6.41. The van der Waals surface area contributed by atoms with E-state index in [1.54, 1.807) is 0 Å². The monoisotopic (exact) mass is 265 g/mol. The van der Waals surface area contributed by atoms with Gasteiger partial charge in [-0.15, -0.1) is 0 Å². The third kappa shape index (κ3) is 5.35. The van der Waals surface area contributed by atoms with Gasteiger partial charge in [0.15, 0.2) is 0 Å². The van der Waals surface area contributed by atoms with Gasteiger partial charge >= 0.3 is 0 Å². The van der Waals surface area contributed by atoms with Gasteiger partial charge in [0.2, 0.25) is 0 Å². The molecule has 1 aromatic heterocycles. The molecule has 0 fully saturated rings. The molecule has 3 nitrogen and oxygen atoms in total. The lowest BCUT2D eigenvalue weighted by atomic mass is 9.98. The molecule has 0 aliphatic heterocycles. The minimum atomic E-state index is 0.201. The van der Waals surface area contributed by atoms with Crippen molar-refractivity contribution < 1.29 is 0 Å². The quantitative estimate of drug-likeness (QED) is 0.818. The van der Waals surface area contributed by atoms with Crippen molar-refractivity contribution >= 4 is 0 Å². The number of hydrogen-bond donors (Lipinski definition) is 1. The highest BCUT2D eigenvalue weighted by Crippen LogP contribution is 2.15. The summed E-state index contributed by atoms with van der Waals surface area (Å²) in [4.78, 5) is 0. The molecule has 0 radical (unpaired) electrons. The van der Waals surface area contributed by atoms with Crippen LogP contribution < -0.4 is 5.32 Å². The Kier molecular flexibility index (Phi) is 6.05. The van der Waals surface area contributed by atoms with Crippen molar-refractivity contribution in [3.05, 3.63) is 17.5 Å². The van der Waals surface area contributed by atoms with Gasteiger partial charge in [0, 0.05) is 17.8 Å². The molecule has 1 aromatic rings. The average Bonchev–Trinajstić information content (AvgIpc) is 2.75. The summed E-state index contributed by atoms with van der Waals surface area (Å²) < 4.78 is 2.17. The van der Waals surface area contributed by atoms with Crippen molar-refractivity contribution in [2.45, 2.75) is 72.9 Å². The fourth-order valence-electron chi connectivity index (χ4n) is 2.23. The highest BCUT2D eigenvalue weighted by molar-refractivity contribution is 5.11. The zero-order chi connectivity index (χ0) is 14.5. The van der Waals surface area contributed by atoms with Gasteiger partial charge in [0.25, 0.3) is 0 Å². The lowest BCUT2D eigenvalue weighted by Crippen LogP contribution is -2.39. The van der Waals surface area contributed by atoms with Gasteiger partial charge in [-0.3, -0.25) is 4.68 Å². The van der Waals surface area contributed by atoms with E-state index in [0.29, 0.717) is 5.92 Å². The van der Waals surface area contributed by atoms with Gasteiger partial charge in [0.1, 0.15) is 0 Å². The van der Waals surface area contributed by atoms with E-state index in [9.17, 15) is 0 Å². The highest BCUT2D eigenvalue weighted by atomic mass is 15.3. The van der Waals surface area contributed by atoms with Gasteiger partial charge in [-0.25, -0.2) is 0 Å². The summed E-state index contributed by atoms with van der Waals surface area (Å²) in [5.74, 6) is 0.686. The first-order valence-electron chi connectivity index (χ1n) is 7.70. The summed E-state index contributed by atoms with van der Waals surface area (Å²) in [5.41, 5.74) is 2.81. The molecule has 1 rings (SSSR count). The first kappa shape index (κ1) is 16.2. The Morgan fingerprint density at radius 1 is 1.26 bits per heavy atom. The second-order valence-corrected chi connectivity index (χ2v) is 6.41. The van der Waals surface area contributed by atoms with Gasteiger partial charge in [-0.05, 0) is 59.1 Å². The molecule has 0 aliphatic carbocycles. The van der Waals surface area contributed by atoms with E-state index in [-0.39, 0.29) is 5.54 Å². The lowest BCUT2D eigenvalue weighted by Gasteiger charge is -2.24. The predicted molar refractivity (Wildman–Crippen MR) is 82.5 cm³/mol. The summed E-state index contributed by atoms with van der Waals surface area (Å²) in [6.07, 6.45) is 3.36. The highest BCUT2D eigenvalue weighted by Gasteiger charge is 2.15. The van der Waals surface area contributed by atoms with Crippen molar-refractivity contribution in [3.63, 3.8) is 0 Å². The zero-order valence-electron chi connectivity index (χ0n) is 13.6. The largest absolute Gasteiger partial charge is 0.312 e. The molecule has 0 saturated carbocycles. The molecule has 1 unspecified atom stereocenters. The number of aromatic nitrogens is 2. The van der Waals surface area contributed by atoms with E-state index in [0.717, 1.165) is 25.9 Å². The van der Waals surface area contributed by atoms with E-state index in [4.69, 9.17) is 0 Å². The van der Waals surface area contributed by atoms with Crippen LogP contribution in [0.5, 0.6) is 0 Å². The topological polar surface area (TPSA) is 29.9 Å². The maximum absolute atomic E-state index is 4.64. The Morgan fingerprint density at radius 3 is 2.42 bits per heavy atom. The third-order valence-electron chi connectivity index (χ3n) is 3.57. The van der Waals surface area contributed by atoms with Gasteiger partial charge < -0.3 is 5.32 Å². The van der Waals surface area contributed by atoms with E-state index in [1.807, 2.05) is 0 Å². The Morgan fingerprint density at radius 2 is 1.95 bits per heavy atom. The summed E-state index contributed by atoms with van der Waals surface area (Å²) in [5, 5.41) is 8.26. The van der Waals surface area contributed by atoms with Crippen LogP contribution in [0.25, 0.3) is 0 Å². The minimum Gasteiger partial charge on any atom is -0.312 e. The van der Waals surface area contributed by atoms with Crippen LogP contribution >= 0.6 is 0 Å². The van der Waals surface area contributed by atoms with Crippen molar-refractivity contribution in [1.82, 2.24) is 15.1 Å². The number of hydrogen-bond acceptors (Lipinski definition) is 2. The Bertz CT molecular complexity index is 374. The smallest absolute Gasteiger partial charge is 0.0624 e. The fraction of sp³-hybridized carbons (Fsp3) is 0.812. The number of rotatable bonds is 7. The van der Waals surface area contributed by atoms with Crippen molar-refractivity contribution in [2.24, 2.45) is 5.92 Å². The molecule has 0 amide bonds. The first-order valence-corrected chi connectivity index (χ1v) is 7.70. The second kappa shape index (κ2) is 7.09. The average molecular weight is 265 g/mol. The molecule has 110 valence electrons. The summed E-state index contributed by atoms with van der Waals surface area (Å²) in [7, 11) is 0. The van der Waals surface area contributed by atoms with Crippen molar-refractivity contribution in [2.75, 3.05) is 6.54 Å².